The Bertz CT molecular complexity index is 284. The quantitative estimate of drug-likeness (QED) is 0.561. The molecule has 0 aliphatic carbocycles. The summed E-state index contributed by atoms with van der Waals surface area (Å²) < 4.78 is 17.0. The van der Waals surface area contributed by atoms with E-state index in [0.717, 1.165) is 13.0 Å². The first-order valence-corrected chi connectivity index (χ1v) is 9.35. The first-order chi connectivity index (χ1) is 10.8. The Kier molecular flexibility index (Phi) is 8.75. The molecule has 0 amide bonds. The highest BCUT2D eigenvalue weighted by atomic mass is 16.6. The minimum atomic E-state index is -0.476. The van der Waals surface area contributed by atoms with Crippen LogP contribution >= 0.6 is 0 Å². The van der Waals surface area contributed by atoms with Crippen LogP contribution in [0.4, 0.5) is 0 Å². The van der Waals surface area contributed by atoms with Crippen molar-refractivity contribution in [1.82, 2.24) is 0 Å². The van der Waals surface area contributed by atoms with Crippen molar-refractivity contribution in [2.24, 2.45) is 0 Å². The summed E-state index contributed by atoms with van der Waals surface area (Å²) in [5, 5.41) is 9.67. The topological polar surface area (TPSA) is 47.9 Å². The van der Waals surface area contributed by atoms with E-state index in [1.165, 1.54) is 57.8 Å². The van der Waals surface area contributed by atoms with E-state index < -0.39 is 6.10 Å². The van der Waals surface area contributed by atoms with E-state index in [2.05, 4.69) is 6.92 Å². The molecule has 2 aliphatic heterocycles. The van der Waals surface area contributed by atoms with Crippen LogP contribution in [0.1, 0.15) is 71.1 Å². The van der Waals surface area contributed by atoms with Crippen molar-refractivity contribution in [3.05, 3.63) is 0 Å². The lowest BCUT2D eigenvalue weighted by Crippen LogP contribution is -2.33. The summed E-state index contributed by atoms with van der Waals surface area (Å²) in [7, 11) is 0. The van der Waals surface area contributed by atoms with Crippen molar-refractivity contribution in [3.8, 4) is 0 Å². The average Bonchev–Trinajstić information content (AvgIpc) is 3.09. The zero-order valence-electron chi connectivity index (χ0n) is 14.2. The molecule has 0 aromatic heterocycles. The maximum absolute atomic E-state index is 9.67. The zero-order valence-corrected chi connectivity index (χ0v) is 14.2. The first kappa shape index (κ1) is 18.2. The van der Waals surface area contributed by atoms with Gasteiger partial charge in [0.2, 0.25) is 0 Å². The van der Waals surface area contributed by atoms with E-state index in [9.17, 15) is 5.11 Å². The van der Waals surface area contributed by atoms with E-state index in [0.29, 0.717) is 13.2 Å². The molecule has 4 atom stereocenters. The SMILES string of the molecule is CCCCCCCCCCCCO[C@H]1CO[C@H]2[C@@H]1OC[C@H]2O. The fraction of sp³-hybridized carbons (Fsp3) is 1.00. The minimum absolute atomic E-state index is 0.0146. The van der Waals surface area contributed by atoms with Crippen LogP contribution < -0.4 is 0 Å². The van der Waals surface area contributed by atoms with E-state index in [4.69, 9.17) is 14.2 Å². The molecule has 2 saturated heterocycles. The predicted octanol–water partition coefficient (Wildman–Crippen LogP) is 3.45. The van der Waals surface area contributed by atoms with E-state index in [-0.39, 0.29) is 18.3 Å². The van der Waals surface area contributed by atoms with Gasteiger partial charge in [-0.2, -0.15) is 0 Å². The van der Waals surface area contributed by atoms with Crippen LogP contribution in [0, 0.1) is 0 Å². The molecule has 0 radical (unpaired) electrons. The van der Waals surface area contributed by atoms with Gasteiger partial charge in [0.25, 0.3) is 0 Å². The molecular weight excluding hydrogens is 280 g/mol. The van der Waals surface area contributed by atoms with Crippen LogP contribution in [0.15, 0.2) is 0 Å². The van der Waals surface area contributed by atoms with Gasteiger partial charge in [-0.15, -0.1) is 0 Å². The third-order valence-electron chi connectivity index (χ3n) is 4.81. The second-order valence-corrected chi connectivity index (χ2v) is 6.75. The Morgan fingerprint density at radius 1 is 0.818 bits per heavy atom. The zero-order chi connectivity index (χ0) is 15.6. The second kappa shape index (κ2) is 10.6. The van der Waals surface area contributed by atoms with Gasteiger partial charge in [-0.3, -0.25) is 0 Å². The molecule has 0 saturated carbocycles. The van der Waals surface area contributed by atoms with Crippen molar-refractivity contribution in [3.63, 3.8) is 0 Å². The van der Waals surface area contributed by atoms with Crippen molar-refractivity contribution in [1.29, 1.82) is 0 Å². The standard InChI is InChI=1S/C18H34O4/c1-2-3-4-5-6-7-8-9-10-11-12-20-16-14-22-17-15(19)13-21-18(16)17/h15-19H,2-14H2,1H3/t15-,16+,17-,18-/m1/s1. The molecule has 22 heavy (non-hydrogen) atoms. The largest absolute Gasteiger partial charge is 0.388 e. The van der Waals surface area contributed by atoms with Crippen LogP contribution in [0.25, 0.3) is 0 Å². The summed E-state index contributed by atoms with van der Waals surface area (Å²) >= 11 is 0. The normalized spacial score (nSPS) is 30.8. The highest BCUT2D eigenvalue weighted by Crippen LogP contribution is 2.28. The Morgan fingerprint density at radius 2 is 1.41 bits per heavy atom. The Balaban J connectivity index is 1.38. The summed E-state index contributed by atoms with van der Waals surface area (Å²) in [4.78, 5) is 0. The predicted molar refractivity (Wildman–Crippen MR) is 87.1 cm³/mol. The molecule has 2 heterocycles. The van der Waals surface area contributed by atoms with Crippen molar-refractivity contribution >= 4 is 0 Å². The van der Waals surface area contributed by atoms with Crippen LogP contribution in [-0.4, -0.2) is 49.3 Å². The van der Waals surface area contributed by atoms with E-state index >= 15 is 0 Å². The molecule has 0 aromatic rings. The summed E-state index contributed by atoms with van der Waals surface area (Å²) in [5.41, 5.74) is 0. The number of fused-ring (bicyclic) bond motifs is 1. The van der Waals surface area contributed by atoms with Crippen LogP contribution in [-0.2, 0) is 14.2 Å². The molecule has 2 fully saturated rings. The van der Waals surface area contributed by atoms with Gasteiger partial charge in [0.15, 0.2) is 0 Å². The number of hydrogen-bond acceptors (Lipinski definition) is 4. The monoisotopic (exact) mass is 314 g/mol. The number of hydrogen-bond donors (Lipinski definition) is 1. The van der Waals surface area contributed by atoms with Gasteiger partial charge in [0.05, 0.1) is 13.2 Å². The third-order valence-corrected chi connectivity index (χ3v) is 4.81. The molecule has 2 aliphatic rings. The minimum Gasteiger partial charge on any atom is -0.388 e. The summed E-state index contributed by atoms with van der Waals surface area (Å²) in [6.07, 6.45) is 12.7. The number of aliphatic hydroxyl groups excluding tert-OH is 1. The Morgan fingerprint density at radius 3 is 2.09 bits per heavy atom. The smallest absolute Gasteiger partial charge is 0.115 e. The molecule has 0 aromatic carbocycles. The molecule has 0 unspecified atom stereocenters. The van der Waals surface area contributed by atoms with Crippen LogP contribution in [0.2, 0.25) is 0 Å². The van der Waals surface area contributed by atoms with Gasteiger partial charge in [0.1, 0.15) is 24.4 Å². The average molecular weight is 314 g/mol. The highest BCUT2D eigenvalue weighted by molar-refractivity contribution is 4.94. The molecule has 0 spiro atoms. The molecule has 1 N–H and O–H groups in total. The highest BCUT2D eigenvalue weighted by Gasteiger charge is 2.47. The van der Waals surface area contributed by atoms with E-state index in [1.807, 2.05) is 0 Å². The fourth-order valence-corrected chi connectivity index (χ4v) is 3.41. The van der Waals surface area contributed by atoms with Gasteiger partial charge in [-0.1, -0.05) is 64.7 Å². The lowest BCUT2D eigenvalue weighted by atomic mass is 10.1. The van der Waals surface area contributed by atoms with Crippen molar-refractivity contribution < 1.29 is 19.3 Å². The fourth-order valence-electron chi connectivity index (χ4n) is 3.41. The van der Waals surface area contributed by atoms with Gasteiger partial charge in [0, 0.05) is 6.61 Å². The molecular formula is C18H34O4. The number of ether oxygens (including phenoxy) is 3. The Hall–Kier alpha value is -0.160. The molecule has 4 heteroatoms. The Labute approximate surface area is 135 Å². The number of unbranched alkanes of at least 4 members (excludes halogenated alkanes) is 9. The van der Waals surface area contributed by atoms with Crippen LogP contribution in [0.5, 0.6) is 0 Å². The first-order valence-electron chi connectivity index (χ1n) is 9.35. The summed E-state index contributed by atoms with van der Waals surface area (Å²) in [6.45, 7) is 3.99. The maximum atomic E-state index is 9.67. The maximum Gasteiger partial charge on any atom is 0.115 e. The van der Waals surface area contributed by atoms with Gasteiger partial charge in [-0.05, 0) is 6.42 Å². The molecule has 2 rings (SSSR count). The third kappa shape index (κ3) is 5.80. The van der Waals surface area contributed by atoms with Crippen molar-refractivity contribution in [2.45, 2.75) is 95.5 Å². The lowest BCUT2D eigenvalue weighted by molar-refractivity contribution is -0.0378. The molecule has 0 bridgehead atoms. The van der Waals surface area contributed by atoms with E-state index in [1.54, 1.807) is 0 Å². The summed E-state index contributed by atoms with van der Waals surface area (Å²) in [6, 6.07) is 0. The number of rotatable bonds is 12. The molecule has 130 valence electrons. The van der Waals surface area contributed by atoms with Crippen molar-refractivity contribution in [2.75, 3.05) is 19.8 Å². The van der Waals surface area contributed by atoms with Gasteiger partial charge in [-0.25, -0.2) is 0 Å². The van der Waals surface area contributed by atoms with Crippen LogP contribution in [0.3, 0.4) is 0 Å². The van der Waals surface area contributed by atoms with Gasteiger partial charge >= 0.3 is 0 Å². The summed E-state index contributed by atoms with van der Waals surface area (Å²) in [5.74, 6) is 0. The second-order valence-electron chi connectivity index (χ2n) is 6.75. The van der Waals surface area contributed by atoms with Gasteiger partial charge < -0.3 is 19.3 Å². The number of aliphatic hydroxyl groups is 1. The molecule has 4 nitrogen and oxygen atoms in total. The lowest BCUT2D eigenvalue weighted by Gasteiger charge is -2.16.